The Labute approximate surface area is 152 Å². The van der Waals surface area contributed by atoms with E-state index in [-0.39, 0.29) is 11.8 Å². The minimum Gasteiger partial charge on any atom is -0.326 e. The van der Waals surface area contributed by atoms with Crippen LogP contribution in [0.3, 0.4) is 0 Å². The summed E-state index contributed by atoms with van der Waals surface area (Å²) < 4.78 is 2.18. The fraction of sp³-hybridized carbons (Fsp3) is 0.526. The number of carbonyl (C=O) groups excluding carboxylic acids is 1. The Kier molecular flexibility index (Phi) is 4.75. The summed E-state index contributed by atoms with van der Waals surface area (Å²) in [6.45, 7) is 0.923. The molecule has 4 rings (SSSR count). The van der Waals surface area contributed by atoms with Crippen LogP contribution in [-0.2, 0) is 17.8 Å². The molecule has 0 bridgehead atoms. The molecule has 1 N–H and O–H groups in total. The van der Waals surface area contributed by atoms with Crippen LogP contribution in [0.2, 0.25) is 5.02 Å². The number of amides is 1. The number of nitrogens with one attached hydrogen (secondary N) is 1. The van der Waals surface area contributed by atoms with Gasteiger partial charge in [-0.3, -0.25) is 4.79 Å². The highest BCUT2D eigenvalue weighted by Crippen LogP contribution is 2.32. The lowest BCUT2D eigenvalue weighted by Crippen LogP contribution is -2.20. The number of fused-ring (bicyclic) bond motifs is 1. The second-order valence-electron chi connectivity index (χ2n) is 7.07. The summed E-state index contributed by atoms with van der Waals surface area (Å²) in [6, 6.07) is 5.62. The van der Waals surface area contributed by atoms with E-state index in [0.717, 1.165) is 74.4 Å². The molecular formula is C19H23ClN4O. The van der Waals surface area contributed by atoms with Crippen LogP contribution in [0.4, 0.5) is 5.69 Å². The van der Waals surface area contributed by atoms with Crippen LogP contribution < -0.4 is 5.32 Å². The molecule has 1 aromatic carbocycles. The number of aryl methyl sites for hydroxylation is 1. The number of rotatable bonds is 3. The number of anilines is 1. The van der Waals surface area contributed by atoms with Crippen molar-refractivity contribution in [3.8, 4) is 11.4 Å². The molecule has 1 fully saturated rings. The van der Waals surface area contributed by atoms with Crippen LogP contribution in [0.1, 0.15) is 50.8 Å². The Morgan fingerprint density at radius 2 is 1.96 bits per heavy atom. The van der Waals surface area contributed by atoms with Crippen molar-refractivity contribution in [2.24, 2.45) is 5.92 Å². The molecule has 2 aromatic rings. The first-order valence-corrected chi connectivity index (χ1v) is 9.63. The monoisotopic (exact) mass is 358 g/mol. The number of nitrogens with zero attached hydrogens (tertiary/aromatic N) is 3. The third-order valence-electron chi connectivity index (χ3n) is 5.31. The quantitative estimate of drug-likeness (QED) is 0.881. The molecule has 0 saturated heterocycles. The lowest BCUT2D eigenvalue weighted by Gasteiger charge is -2.13. The fourth-order valence-electron chi connectivity index (χ4n) is 3.89. The molecule has 0 spiro atoms. The van der Waals surface area contributed by atoms with Gasteiger partial charge in [-0.2, -0.15) is 0 Å². The van der Waals surface area contributed by atoms with Crippen LogP contribution in [-0.4, -0.2) is 20.7 Å². The van der Waals surface area contributed by atoms with Crippen molar-refractivity contribution in [2.75, 3.05) is 5.32 Å². The molecule has 0 atom stereocenters. The van der Waals surface area contributed by atoms with Gasteiger partial charge in [0, 0.05) is 30.1 Å². The summed E-state index contributed by atoms with van der Waals surface area (Å²) in [5.41, 5.74) is 1.62. The summed E-state index contributed by atoms with van der Waals surface area (Å²) in [6.07, 6.45) is 8.74. The first-order chi connectivity index (χ1) is 12.2. The Morgan fingerprint density at radius 3 is 2.80 bits per heavy atom. The van der Waals surface area contributed by atoms with Gasteiger partial charge in [-0.15, -0.1) is 10.2 Å². The molecule has 6 heteroatoms. The Bertz CT molecular complexity index is 780. The maximum absolute atomic E-state index is 12.4. The van der Waals surface area contributed by atoms with Gasteiger partial charge in [-0.05, 0) is 43.9 Å². The Hall–Kier alpha value is -1.88. The van der Waals surface area contributed by atoms with Crippen LogP contribution >= 0.6 is 11.6 Å². The smallest absolute Gasteiger partial charge is 0.227 e. The van der Waals surface area contributed by atoms with E-state index in [2.05, 4.69) is 20.1 Å². The maximum Gasteiger partial charge on any atom is 0.227 e. The molecule has 2 aliphatic rings. The highest BCUT2D eigenvalue weighted by molar-refractivity contribution is 6.33. The summed E-state index contributed by atoms with van der Waals surface area (Å²) in [7, 11) is 0. The van der Waals surface area contributed by atoms with Crippen molar-refractivity contribution >= 4 is 23.2 Å². The first kappa shape index (κ1) is 16.6. The number of benzene rings is 1. The van der Waals surface area contributed by atoms with E-state index in [9.17, 15) is 4.79 Å². The zero-order valence-corrected chi connectivity index (χ0v) is 15.1. The molecule has 1 aliphatic heterocycles. The molecule has 132 valence electrons. The summed E-state index contributed by atoms with van der Waals surface area (Å²) in [5, 5.41) is 12.4. The van der Waals surface area contributed by atoms with Crippen molar-refractivity contribution in [3.05, 3.63) is 29.0 Å². The number of halogens is 1. The lowest BCUT2D eigenvalue weighted by atomic mass is 10.1. The van der Waals surface area contributed by atoms with Crippen molar-refractivity contribution in [1.29, 1.82) is 0 Å². The lowest BCUT2D eigenvalue weighted by molar-refractivity contribution is -0.119. The predicted molar refractivity (Wildman–Crippen MR) is 98.6 cm³/mol. The van der Waals surface area contributed by atoms with Gasteiger partial charge in [-0.1, -0.05) is 30.9 Å². The highest BCUT2D eigenvalue weighted by Gasteiger charge is 2.23. The van der Waals surface area contributed by atoms with E-state index in [4.69, 9.17) is 11.6 Å². The van der Waals surface area contributed by atoms with Gasteiger partial charge in [0.2, 0.25) is 5.91 Å². The zero-order valence-electron chi connectivity index (χ0n) is 14.3. The number of carbonyl (C=O) groups is 1. The highest BCUT2D eigenvalue weighted by atomic mass is 35.5. The Morgan fingerprint density at radius 1 is 1.12 bits per heavy atom. The van der Waals surface area contributed by atoms with Gasteiger partial charge in [0.1, 0.15) is 5.82 Å². The fourth-order valence-corrected chi connectivity index (χ4v) is 4.09. The molecule has 1 aliphatic carbocycles. The van der Waals surface area contributed by atoms with Gasteiger partial charge >= 0.3 is 0 Å². The average Bonchev–Trinajstić information content (AvgIpc) is 3.22. The van der Waals surface area contributed by atoms with Crippen LogP contribution in [0.5, 0.6) is 0 Å². The molecule has 5 nitrogen and oxygen atoms in total. The molecule has 2 heterocycles. The van der Waals surface area contributed by atoms with Gasteiger partial charge in [-0.25, -0.2) is 0 Å². The summed E-state index contributed by atoms with van der Waals surface area (Å²) >= 11 is 6.44. The number of aromatic nitrogens is 3. The molecule has 0 radical (unpaired) electrons. The summed E-state index contributed by atoms with van der Waals surface area (Å²) in [5.74, 6) is 2.09. The minimum atomic E-state index is 0.117. The van der Waals surface area contributed by atoms with Crippen molar-refractivity contribution in [2.45, 2.75) is 57.9 Å². The van der Waals surface area contributed by atoms with E-state index >= 15 is 0 Å². The predicted octanol–water partition coefficient (Wildman–Crippen LogP) is 4.45. The van der Waals surface area contributed by atoms with Crippen molar-refractivity contribution in [3.63, 3.8) is 0 Å². The van der Waals surface area contributed by atoms with E-state index in [1.54, 1.807) is 0 Å². The topological polar surface area (TPSA) is 59.8 Å². The third-order valence-corrected chi connectivity index (χ3v) is 5.64. The summed E-state index contributed by atoms with van der Waals surface area (Å²) in [4.78, 5) is 12.4. The SMILES string of the molecule is O=C(Nc1ccc(Cl)c(-c2nnc3n2CCCCC3)c1)C1CCCC1. The van der Waals surface area contributed by atoms with Crippen molar-refractivity contribution < 1.29 is 4.79 Å². The largest absolute Gasteiger partial charge is 0.326 e. The number of hydrogen-bond acceptors (Lipinski definition) is 3. The van der Waals surface area contributed by atoms with Crippen LogP contribution in [0.25, 0.3) is 11.4 Å². The van der Waals surface area contributed by atoms with Crippen molar-refractivity contribution in [1.82, 2.24) is 14.8 Å². The van der Waals surface area contributed by atoms with Gasteiger partial charge in [0.25, 0.3) is 0 Å². The van der Waals surface area contributed by atoms with Gasteiger partial charge < -0.3 is 9.88 Å². The molecule has 1 aromatic heterocycles. The van der Waals surface area contributed by atoms with Crippen LogP contribution in [0.15, 0.2) is 18.2 Å². The van der Waals surface area contributed by atoms with Gasteiger partial charge in [0.05, 0.1) is 5.02 Å². The normalized spacial score (nSPS) is 18.0. The van der Waals surface area contributed by atoms with E-state index in [1.165, 1.54) is 6.42 Å². The van der Waals surface area contributed by atoms with E-state index in [1.807, 2.05) is 18.2 Å². The molecule has 0 unspecified atom stereocenters. The maximum atomic E-state index is 12.4. The zero-order chi connectivity index (χ0) is 17.2. The standard InChI is InChI=1S/C19H23ClN4O/c20-16-10-9-14(21-19(25)13-6-3-4-7-13)12-15(16)18-23-22-17-8-2-1-5-11-24(17)18/h9-10,12-13H,1-8,11H2,(H,21,25). The molecule has 25 heavy (non-hydrogen) atoms. The van der Waals surface area contributed by atoms with E-state index < -0.39 is 0 Å². The Balaban J connectivity index is 1.62. The molecule has 1 saturated carbocycles. The molecule has 1 amide bonds. The number of hydrogen-bond donors (Lipinski definition) is 1. The second kappa shape index (κ2) is 7.16. The minimum absolute atomic E-state index is 0.117. The van der Waals surface area contributed by atoms with Crippen LogP contribution in [0, 0.1) is 5.92 Å². The van der Waals surface area contributed by atoms with E-state index in [0.29, 0.717) is 5.02 Å². The third kappa shape index (κ3) is 3.43. The second-order valence-corrected chi connectivity index (χ2v) is 7.47. The molecular weight excluding hydrogens is 336 g/mol. The first-order valence-electron chi connectivity index (χ1n) is 9.25. The average molecular weight is 359 g/mol. The van der Waals surface area contributed by atoms with Gasteiger partial charge in [0.15, 0.2) is 5.82 Å².